The van der Waals surface area contributed by atoms with Gasteiger partial charge < -0.3 is 10.1 Å². The predicted molar refractivity (Wildman–Crippen MR) is 83.4 cm³/mol. The van der Waals surface area contributed by atoms with Crippen molar-refractivity contribution < 1.29 is 17.9 Å². The van der Waals surface area contributed by atoms with Gasteiger partial charge in [-0.3, -0.25) is 9.52 Å². The molecule has 2 heterocycles. The number of amides is 1. The molecule has 0 radical (unpaired) electrons. The summed E-state index contributed by atoms with van der Waals surface area (Å²) in [6.07, 6.45) is 0. The average molecular weight is 389 g/mol. The quantitative estimate of drug-likeness (QED) is 0.846. The number of hydrogen-bond donors (Lipinski definition) is 2. The molecule has 1 aliphatic heterocycles. The number of hydrogen-bond acceptors (Lipinski definition) is 5. The molecule has 1 aromatic heterocycles. The first kappa shape index (κ1) is 14.4. The number of thiophene rings is 1. The van der Waals surface area contributed by atoms with Gasteiger partial charge in [-0.2, -0.15) is 0 Å². The van der Waals surface area contributed by atoms with E-state index in [1.165, 1.54) is 12.1 Å². The topological polar surface area (TPSA) is 84.5 Å². The van der Waals surface area contributed by atoms with Crippen molar-refractivity contribution in [3.8, 4) is 5.75 Å². The Balaban J connectivity index is 1.88. The van der Waals surface area contributed by atoms with Gasteiger partial charge in [-0.15, -0.1) is 11.3 Å². The van der Waals surface area contributed by atoms with Crippen LogP contribution in [-0.4, -0.2) is 20.9 Å². The van der Waals surface area contributed by atoms with E-state index in [2.05, 4.69) is 26.0 Å². The second-order valence-electron chi connectivity index (χ2n) is 4.21. The number of halogens is 1. The van der Waals surface area contributed by atoms with E-state index in [0.717, 1.165) is 15.1 Å². The number of anilines is 2. The molecule has 1 amide bonds. The number of rotatable bonds is 3. The molecule has 9 heteroatoms. The van der Waals surface area contributed by atoms with Crippen LogP contribution < -0.4 is 14.8 Å². The van der Waals surface area contributed by atoms with E-state index < -0.39 is 10.0 Å². The zero-order valence-electron chi connectivity index (χ0n) is 10.4. The van der Waals surface area contributed by atoms with E-state index in [9.17, 15) is 13.2 Å². The molecule has 2 aromatic rings. The number of sulfonamides is 1. The van der Waals surface area contributed by atoms with E-state index in [1.54, 1.807) is 18.2 Å². The summed E-state index contributed by atoms with van der Waals surface area (Å²) in [5.74, 6) is 0.237. The Bertz CT molecular complexity index is 816. The van der Waals surface area contributed by atoms with Gasteiger partial charge in [0.25, 0.3) is 15.9 Å². The van der Waals surface area contributed by atoms with Crippen LogP contribution in [0.4, 0.5) is 11.4 Å². The minimum Gasteiger partial charge on any atom is -0.482 e. The fourth-order valence-corrected chi connectivity index (χ4v) is 4.85. The molecule has 0 aliphatic carbocycles. The van der Waals surface area contributed by atoms with E-state index in [1.807, 2.05) is 0 Å². The van der Waals surface area contributed by atoms with Crippen LogP contribution in [0.2, 0.25) is 0 Å². The van der Waals surface area contributed by atoms with Gasteiger partial charge in [0.1, 0.15) is 9.96 Å². The number of benzene rings is 1. The van der Waals surface area contributed by atoms with E-state index in [4.69, 9.17) is 4.74 Å². The van der Waals surface area contributed by atoms with Gasteiger partial charge in [-0.25, -0.2) is 8.42 Å². The molecule has 1 aromatic carbocycles. The van der Waals surface area contributed by atoms with Crippen LogP contribution in [0, 0.1) is 0 Å². The molecule has 0 spiro atoms. The first-order valence-electron chi connectivity index (χ1n) is 5.79. The molecular formula is C12H9BrN2O4S2. The molecule has 0 bridgehead atoms. The third-order valence-corrected chi connectivity index (χ3v) is 6.17. The van der Waals surface area contributed by atoms with Crippen LogP contribution in [0.25, 0.3) is 0 Å². The smallest absolute Gasteiger partial charge is 0.271 e. The molecule has 0 atom stereocenters. The highest BCUT2D eigenvalue weighted by atomic mass is 79.9. The summed E-state index contributed by atoms with van der Waals surface area (Å²) in [6.45, 7) is -0.0404. The number of fused-ring (bicyclic) bond motifs is 1. The first-order chi connectivity index (χ1) is 9.94. The van der Waals surface area contributed by atoms with Crippen molar-refractivity contribution in [3.63, 3.8) is 0 Å². The van der Waals surface area contributed by atoms with Crippen molar-refractivity contribution in [2.75, 3.05) is 16.6 Å². The van der Waals surface area contributed by atoms with Crippen molar-refractivity contribution in [1.82, 2.24) is 0 Å². The SMILES string of the molecule is O=C1COc2ccc(NS(=O)(=O)c3ccc(Br)s3)cc2N1. The summed E-state index contributed by atoms with van der Waals surface area (Å²) < 4.78 is 33.0. The van der Waals surface area contributed by atoms with Crippen molar-refractivity contribution in [2.24, 2.45) is 0 Å². The number of ether oxygens (including phenoxy) is 1. The van der Waals surface area contributed by atoms with Crippen LogP contribution in [-0.2, 0) is 14.8 Å². The van der Waals surface area contributed by atoms with Gasteiger partial charge in [0.15, 0.2) is 6.61 Å². The van der Waals surface area contributed by atoms with Gasteiger partial charge >= 0.3 is 0 Å². The lowest BCUT2D eigenvalue weighted by Crippen LogP contribution is -2.25. The zero-order valence-corrected chi connectivity index (χ0v) is 13.6. The predicted octanol–water partition coefficient (Wildman–Crippen LogP) is 2.64. The van der Waals surface area contributed by atoms with E-state index >= 15 is 0 Å². The molecule has 6 nitrogen and oxygen atoms in total. The van der Waals surface area contributed by atoms with Gasteiger partial charge in [0, 0.05) is 0 Å². The van der Waals surface area contributed by atoms with Gasteiger partial charge in [-0.05, 0) is 46.3 Å². The highest BCUT2D eigenvalue weighted by Gasteiger charge is 2.20. The standard InChI is InChI=1S/C12H9BrN2O4S2/c13-10-3-4-12(20-10)21(17,18)15-7-1-2-9-8(5-7)14-11(16)6-19-9/h1-5,15H,6H2,(H,14,16). The molecule has 3 rings (SSSR count). The Hall–Kier alpha value is -1.58. The highest BCUT2D eigenvalue weighted by Crippen LogP contribution is 2.32. The Morgan fingerprint density at radius 2 is 2.10 bits per heavy atom. The van der Waals surface area contributed by atoms with Crippen LogP contribution in [0.1, 0.15) is 0 Å². The third kappa shape index (κ3) is 3.04. The summed E-state index contributed by atoms with van der Waals surface area (Å²) >= 11 is 4.34. The van der Waals surface area contributed by atoms with Crippen molar-refractivity contribution in [2.45, 2.75) is 4.21 Å². The monoisotopic (exact) mass is 388 g/mol. The molecular weight excluding hydrogens is 380 g/mol. The maximum atomic E-state index is 12.2. The molecule has 0 unspecified atom stereocenters. The summed E-state index contributed by atoms with van der Waals surface area (Å²) in [5, 5.41) is 2.63. The van der Waals surface area contributed by atoms with Gasteiger partial charge in [0.2, 0.25) is 0 Å². The Morgan fingerprint density at radius 3 is 2.81 bits per heavy atom. The first-order valence-corrected chi connectivity index (χ1v) is 8.88. The van der Waals surface area contributed by atoms with Crippen LogP contribution in [0.15, 0.2) is 38.3 Å². The normalized spacial score (nSPS) is 14.0. The molecule has 0 saturated heterocycles. The van der Waals surface area contributed by atoms with Crippen LogP contribution in [0.5, 0.6) is 5.75 Å². The van der Waals surface area contributed by atoms with Gasteiger partial charge in [-0.1, -0.05) is 0 Å². The van der Waals surface area contributed by atoms with Crippen molar-refractivity contribution in [1.29, 1.82) is 0 Å². The largest absolute Gasteiger partial charge is 0.482 e. The average Bonchev–Trinajstić information content (AvgIpc) is 2.85. The molecule has 21 heavy (non-hydrogen) atoms. The second-order valence-corrected chi connectivity index (χ2v) is 8.58. The molecule has 0 saturated carbocycles. The van der Waals surface area contributed by atoms with Gasteiger partial charge in [0.05, 0.1) is 15.2 Å². The molecule has 0 fully saturated rings. The van der Waals surface area contributed by atoms with Crippen LogP contribution >= 0.6 is 27.3 Å². The molecule has 2 N–H and O–H groups in total. The lowest BCUT2D eigenvalue weighted by molar-refractivity contribution is -0.118. The summed E-state index contributed by atoms with van der Waals surface area (Å²) in [6, 6.07) is 7.89. The lowest BCUT2D eigenvalue weighted by atomic mass is 10.2. The summed E-state index contributed by atoms with van der Waals surface area (Å²) in [4.78, 5) is 11.3. The number of carbonyl (C=O) groups is 1. The minimum absolute atomic E-state index is 0.0404. The number of carbonyl (C=O) groups excluding carboxylic acids is 1. The molecule has 1 aliphatic rings. The number of nitrogens with one attached hydrogen (secondary N) is 2. The Labute approximate surface area is 133 Å². The Kier molecular flexibility index (Phi) is 3.64. The maximum Gasteiger partial charge on any atom is 0.271 e. The fourth-order valence-electron chi connectivity index (χ4n) is 1.79. The van der Waals surface area contributed by atoms with E-state index in [-0.39, 0.29) is 16.7 Å². The van der Waals surface area contributed by atoms with Crippen molar-refractivity contribution in [3.05, 3.63) is 34.1 Å². The maximum absolute atomic E-state index is 12.2. The van der Waals surface area contributed by atoms with E-state index in [0.29, 0.717) is 17.1 Å². The second kappa shape index (κ2) is 5.32. The van der Waals surface area contributed by atoms with Crippen LogP contribution in [0.3, 0.4) is 0 Å². The fraction of sp³-hybridized carbons (Fsp3) is 0.0833. The minimum atomic E-state index is -3.65. The Morgan fingerprint density at radius 1 is 1.29 bits per heavy atom. The third-order valence-electron chi connectivity index (χ3n) is 2.68. The zero-order chi connectivity index (χ0) is 15.0. The highest BCUT2D eigenvalue weighted by molar-refractivity contribution is 9.11. The summed E-state index contributed by atoms with van der Waals surface area (Å²) in [5.41, 5.74) is 0.794. The van der Waals surface area contributed by atoms with Crippen molar-refractivity contribution >= 4 is 54.6 Å². The summed E-state index contributed by atoms with van der Waals surface area (Å²) in [7, 11) is -3.65. The molecule has 110 valence electrons. The lowest BCUT2D eigenvalue weighted by Gasteiger charge is -2.18.